The van der Waals surface area contributed by atoms with Crippen molar-refractivity contribution in [1.29, 1.82) is 0 Å². The van der Waals surface area contributed by atoms with Crippen LogP contribution in [-0.4, -0.2) is 116 Å². The molecule has 11 heteroatoms. The summed E-state index contributed by atoms with van der Waals surface area (Å²) < 4.78 is 0. The number of rotatable bonds is 12. The Labute approximate surface area is 187 Å². The molecule has 0 aromatic rings. The van der Waals surface area contributed by atoms with Crippen molar-refractivity contribution in [2.75, 3.05) is 39.3 Å². The van der Waals surface area contributed by atoms with E-state index < -0.39 is 42.5 Å². The van der Waals surface area contributed by atoms with Crippen LogP contribution in [0.15, 0.2) is 0 Å². The zero-order valence-electron chi connectivity index (χ0n) is 18.6. The number of hydrogen-bond acceptors (Lipinski definition) is 7. The molecular weight excluding hydrogens is 422 g/mol. The SMILES string of the molecule is CCCC1(N(CC(=O)O)CC(=O)O)CN(CCC(=O)O)[C@H]2CCCC[C@@H]2N(CC(=O)O)C1. The number of aliphatic carboxylic acids is 4. The van der Waals surface area contributed by atoms with Gasteiger partial charge in [-0.3, -0.25) is 33.9 Å². The van der Waals surface area contributed by atoms with Gasteiger partial charge in [-0.2, -0.15) is 0 Å². The normalized spacial score (nSPS) is 26.9. The second-order valence-electron chi connectivity index (χ2n) is 8.95. The molecule has 0 aromatic heterocycles. The van der Waals surface area contributed by atoms with Gasteiger partial charge in [-0.1, -0.05) is 26.2 Å². The smallest absolute Gasteiger partial charge is 0.317 e. The molecule has 0 bridgehead atoms. The lowest BCUT2D eigenvalue weighted by Crippen LogP contribution is -2.62. The van der Waals surface area contributed by atoms with E-state index in [1.807, 2.05) is 16.7 Å². The van der Waals surface area contributed by atoms with Gasteiger partial charge in [0.2, 0.25) is 0 Å². The Morgan fingerprint density at radius 3 is 1.84 bits per heavy atom. The fourth-order valence-corrected chi connectivity index (χ4v) is 5.51. The van der Waals surface area contributed by atoms with E-state index in [9.17, 15) is 39.6 Å². The Kier molecular flexibility index (Phi) is 9.41. The molecule has 2 fully saturated rings. The molecular formula is C21H35N3O8. The van der Waals surface area contributed by atoms with E-state index in [0.717, 1.165) is 25.7 Å². The Balaban J connectivity index is 2.56. The van der Waals surface area contributed by atoms with Gasteiger partial charge in [-0.25, -0.2) is 0 Å². The van der Waals surface area contributed by atoms with E-state index in [1.165, 1.54) is 4.90 Å². The quantitative estimate of drug-likeness (QED) is 0.323. The Hall–Kier alpha value is -2.24. The second kappa shape index (κ2) is 11.6. The third-order valence-electron chi connectivity index (χ3n) is 6.62. The van der Waals surface area contributed by atoms with E-state index in [2.05, 4.69) is 0 Å². The zero-order valence-corrected chi connectivity index (χ0v) is 18.6. The molecule has 1 saturated carbocycles. The Morgan fingerprint density at radius 2 is 1.38 bits per heavy atom. The van der Waals surface area contributed by atoms with Crippen LogP contribution in [0.5, 0.6) is 0 Å². The highest BCUT2D eigenvalue weighted by Gasteiger charge is 2.48. The summed E-state index contributed by atoms with van der Waals surface area (Å²) in [6.45, 7) is 1.47. The summed E-state index contributed by atoms with van der Waals surface area (Å²) in [5, 5.41) is 37.9. The first kappa shape index (κ1) is 26.0. The number of carboxylic acids is 4. The third kappa shape index (κ3) is 6.88. The lowest BCUT2D eigenvalue weighted by molar-refractivity contribution is -0.147. The predicted octanol–water partition coefficient (Wildman–Crippen LogP) is 0.485. The lowest BCUT2D eigenvalue weighted by atomic mass is 9.88. The fraction of sp³-hybridized carbons (Fsp3) is 0.810. The van der Waals surface area contributed by atoms with Crippen molar-refractivity contribution >= 4 is 23.9 Å². The monoisotopic (exact) mass is 457 g/mol. The van der Waals surface area contributed by atoms with E-state index in [1.54, 1.807) is 0 Å². The molecule has 4 N–H and O–H groups in total. The topological polar surface area (TPSA) is 159 Å². The van der Waals surface area contributed by atoms with Crippen molar-refractivity contribution in [3.8, 4) is 0 Å². The highest BCUT2D eigenvalue weighted by molar-refractivity contribution is 5.73. The molecule has 182 valence electrons. The number of carbonyl (C=O) groups is 4. The van der Waals surface area contributed by atoms with Crippen LogP contribution in [0.1, 0.15) is 51.9 Å². The zero-order chi connectivity index (χ0) is 23.9. The van der Waals surface area contributed by atoms with Crippen molar-refractivity contribution in [3.63, 3.8) is 0 Å². The first-order chi connectivity index (χ1) is 15.1. The first-order valence-corrected chi connectivity index (χ1v) is 11.2. The first-order valence-electron chi connectivity index (χ1n) is 11.2. The highest BCUT2D eigenvalue weighted by Crippen LogP contribution is 2.36. The molecule has 1 unspecified atom stereocenters. The van der Waals surface area contributed by atoms with Crippen molar-refractivity contribution in [2.24, 2.45) is 0 Å². The average molecular weight is 458 g/mol. The summed E-state index contributed by atoms with van der Waals surface area (Å²) in [5.74, 6) is -4.27. The standard InChI is InChI=1S/C21H35N3O8/c1-2-8-21(24(11-19(29)30)12-20(31)32)13-22(9-7-17(25)26)15-5-3-4-6-16(15)23(14-21)10-18(27)28/h15-16H,2-14H2,1H3,(H,25,26)(H,27,28)(H,29,30)(H,31,32)/t15-,16-,21?/m0/s1. The van der Waals surface area contributed by atoms with Gasteiger partial charge in [-0.15, -0.1) is 0 Å². The van der Waals surface area contributed by atoms with E-state index in [-0.39, 0.29) is 38.1 Å². The third-order valence-corrected chi connectivity index (χ3v) is 6.62. The van der Waals surface area contributed by atoms with Crippen LogP contribution in [0.2, 0.25) is 0 Å². The van der Waals surface area contributed by atoms with E-state index >= 15 is 0 Å². The van der Waals surface area contributed by atoms with Crippen LogP contribution >= 0.6 is 0 Å². The van der Waals surface area contributed by atoms with E-state index in [4.69, 9.17) is 0 Å². The molecule has 2 rings (SSSR count). The van der Waals surface area contributed by atoms with Crippen LogP contribution in [0.25, 0.3) is 0 Å². The molecule has 11 nitrogen and oxygen atoms in total. The van der Waals surface area contributed by atoms with Crippen molar-refractivity contribution in [1.82, 2.24) is 14.7 Å². The number of hydrogen-bond donors (Lipinski definition) is 4. The summed E-state index contributed by atoms with van der Waals surface area (Å²) in [6.07, 6.45) is 4.44. The fourth-order valence-electron chi connectivity index (χ4n) is 5.51. The average Bonchev–Trinajstić information content (AvgIpc) is 2.81. The summed E-state index contributed by atoms with van der Waals surface area (Å²) in [6, 6.07) is -0.165. The molecule has 0 aromatic carbocycles. The molecule has 0 spiro atoms. The predicted molar refractivity (Wildman–Crippen MR) is 114 cm³/mol. The van der Waals surface area contributed by atoms with Gasteiger partial charge in [0, 0.05) is 37.3 Å². The Bertz CT molecular complexity index is 687. The maximum Gasteiger partial charge on any atom is 0.317 e. The van der Waals surface area contributed by atoms with Crippen LogP contribution in [0, 0.1) is 0 Å². The van der Waals surface area contributed by atoms with Crippen molar-refractivity contribution in [2.45, 2.75) is 69.5 Å². The molecule has 2 aliphatic rings. The Morgan fingerprint density at radius 1 is 0.844 bits per heavy atom. The van der Waals surface area contributed by atoms with Gasteiger partial charge in [0.05, 0.1) is 26.1 Å². The minimum Gasteiger partial charge on any atom is -0.481 e. The van der Waals surface area contributed by atoms with Crippen LogP contribution in [0.3, 0.4) is 0 Å². The van der Waals surface area contributed by atoms with E-state index in [0.29, 0.717) is 19.4 Å². The maximum absolute atomic E-state index is 11.7. The number of nitrogens with zero attached hydrogens (tertiary/aromatic N) is 3. The molecule has 0 radical (unpaired) electrons. The van der Waals surface area contributed by atoms with Crippen LogP contribution in [0.4, 0.5) is 0 Å². The minimum atomic E-state index is -1.16. The lowest BCUT2D eigenvalue weighted by Gasteiger charge is -2.45. The number of carboxylic acid groups (broad SMARTS) is 4. The van der Waals surface area contributed by atoms with Crippen molar-refractivity contribution < 1.29 is 39.6 Å². The van der Waals surface area contributed by atoms with Gasteiger partial charge < -0.3 is 20.4 Å². The van der Waals surface area contributed by atoms with Gasteiger partial charge in [0.25, 0.3) is 0 Å². The summed E-state index contributed by atoms with van der Waals surface area (Å²) in [4.78, 5) is 51.7. The number of fused-ring (bicyclic) bond motifs is 1. The molecule has 1 heterocycles. The highest BCUT2D eigenvalue weighted by atomic mass is 16.4. The second-order valence-corrected chi connectivity index (χ2v) is 8.95. The molecule has 0 amide bonds. The minimum absolute atomic E-state index is 0.0577. The summed E-state index contributed by atoms with van der Waals surface area (Å²) >= 11 is 0. The van der Waals surface area contributed by atoms with Gasteiger partial charge >= 0.3 is 23.9 Å². The molecule has 1 aliphatic heterocycles. The summed E-state index contributed by atoms with van der Waals surface area (Å²) in [7, 11) is 0. The van der Waals surface area contributed by atoms with Crippen LogP contribution in [-0.2, 0) is 19.2 Å². The van der Waals surface area contributed by atoms with Crippen LogP contribution < -0.4 is 0 Å². The van der Waals surface area contributed by atoms with Crippen molar-refractivity contribution in [3.05, 3.63) is 0 Å². The van der Waals surface area contributed by atoms with Gasteiger partial charge in [0.15, 0.2) is 0 Å². The summed E-state index contributed by atoms with van der Waals surface area (Å²) in [5.41, 5.74) is -0.934. The van der Waals surface area contributed by atoms with Gasteiger partial charge in [0.1, 0.15) is 0 Å². The molecule has 3 atom stereocenters. The van der Waals surface area contributed by atoms with Gasteiger partial charge in [-0.05, 0) is 19.3 Å². The molecule has 1 aliphatic carbocycles. The molecule has 32 heavy (non-hydrogen) atoms. The maximum atomic E-state index is 11.7. The largest absolute Gasteiger partial charge is 0.481 e. The molecule has 1 saturated heterocycles.